The van der Waals surface area contributed by atoms with Gasteiger partial charge in [-0.15, -0.1) is 0 Å². The fraction of sp³-hybridized carbons (Fsp3) is 0. The highest BCUT2D eigenvalue weighted by Gasteiger charge is 1.97. The van der Waals surface area contributed by atoms with Crippen LogP contribution in [0.3, 0.4) is 0 Å². The first-order valence-electron chi connectivity index (χ1n) is 5.40. The predicted octanol–water partition coefficient (Wildman–Crippen LogP) is 3.39. The quantitative estimate of drug-likeness (QED) is 0.858. The van der Waals surface area contributed by atoms with E-state index in [1.54, 1.807) is 36.5 Å². The summed E-state index contributed by atoms with van der Waals surface area (Å²) in [4.78, 5) is 15.6. The first-order valence-corrected chi connectivity index (χ1v) is 5.77. The summed E-state index contributed by atoms with van der Waals surface area (Å²) in [5.41, 5.74) is 0.874. The van der Waals surface area contributed by atoms with Crippen molar-refractivity contribution in [1.82, 2.24) is 4.98 Å². The number of rotatable bonds is 3. The average Bonchev–Trinajstić information content (AvgIpc) is 2.38. The van der Waals surface area contributed by atoms with Gasteiger partial charge in [-0.25, -0.2) is 4.98 Å². The van der Waals surface area contributed by atoms with Gasteiger partial charge in [0, 0.05) is 17.3 Å². The van der Waals surface area contributed by atoms with Gasteiger partial charge in [-0.2, -0.15) is 0 Å². The number of pyridine rings is 1. The number of carbonyl (C=O) groups excluding carboxylic acids is 1. The van der Waals surface area contributed by atoms with Gasteiger partial charge in [0.2, 0.25) is 5.91 Å². The molecule has 0 saturated heterocycles. The number of nitrogens with zero attached hydrogens (tertiary/aromatic N) is 1. The molecule has 0 aliphatic carbocycles. The zero-order valence-electron chi connectivity index (χ0n) is 9.51. The Morgan fingerprint density at radius 2 is 2.11 bits per heavy atom. The second-order valence-corrected chi connectivity index (χ2v) is 4.03. The molecule has 2 aromatic rings. The molecule has 1 aromatic carbocycles. The largest absolute Gasteiger partial charge is 0.307 e. The Kier molecular flexibility index (Phi) is 4.10. The third-order valence-corrected chi connectivity index (χ3v) is 2.43. The van der Waals surface area contributed by atoms with Gasteiger partial charge in [0.15, 0.2) is 0 Å². The van der Waals surface area contributed by atoms with E-state index in [4.69, 9.17) is 11.6 Å². The summed E-state index contributed by atoms with van der Waals surface area (Å²) in [7, 11) is 0. The lowest BCUT2D eigenvalue weighted by Crippen LogP contribution is -2.08. The van der Waals surface area contributed by atoms with Gasteiger partial charge >= 0.3 is 0 Å². The number of anilines is 1. The van der Waals surface area contributed by atoms with Crippen LogP contribution in [0.2, 0.25) is 5.02 Å². The van der Waals surface area contributed by atoms with Crippen molar-refractivity contribution in [2.75, 3.05) is 5.32 Å². The summed E-state index contributed by atoms with van der Waals surface area (Å²) in [5.74, 6) is 0.298. The van der Waals surface area contributed by atoms with Crippen molar-refractivity contribution < 1.29 is 4.79 Å². The number of nitrogens with one attached hydrogen (secondary N) is 1. The molecule has 0 spiro atoms. The standard InChI is InChI=1S/C14H11ClN2O/c15-12-5-3-4-11(10-12)7-8-14(18)17-13-6-1-2-9-16-13/h1-10H,(H,16,17,18)/b8-7+. The third-order valence-electron chi connectivity index (χ3n) is 2.19. The van der Waals surface area contributed by atoms with E-state index in [1.807, 2.05) is 18.2 Å². The minimum absolute atomic E-state index is 0.228. The number of halogens is 1. The lowest BCUT2D eigenvalue weighted by molar-refractivity contribution is -0.111. The summed E-state index contributed by atoms with van der Waals surface area (Å²) in [6, 6.07) is 12.6. The highest BCUT2D eigenvalue weighted by atomic mass is 35.5. The van der Waals surface area contributed by atoms with Gasteiger partial charge < -0.3 is 5.32 Å². The maximum Gasteiger partial charge on any atom is 0.249 e. The fourth-order valence-corrected chi connectivity index (χ4v) is 1.59. The Morgan fingerprint density at radius 3 is 2.83 bits per heavy atom. The first-order chi connectivity index (χ1) is 8.74. The topological polar surface area (TPSA) is 42.0 Å². The van der Waals surface area contributed by atoms with Crippen molar-refractivity contribution >= 4 is 29.4 Å². The van der Waals surface area contributed by atoms with E-state index >= 15 is 0 Å². The number of hydrogen-bond acceptors (Lipinski definition) is 2. The Labute approximate surface area is 110 Å². The Morgan fingerprint density at radius 1 is 1.22 bits per heavy atom. The molecule has 0 unspecified atom stereocenters. The summed E-state index contributed by atoms with van der Waals surface area (Å²) in [6.07, 6.45) is 4.76. The predicted molar refractivity (Wildman–Crippen MR) is 73.4 cm³/mol. The molecule has 0 radical (unpaired) electrons. The maximum absolute atomic E-state index is 11.6. The van der Waals surface area contributed by atoms with Crippen LogP contribution in [0.1, 0.15) is 5.56 Å². The van der Waals surface area contributed by atoms with Crippen molar-refractivity contribution in [3.63, 3.8) is 0 Å². The molecule has 0 aliphatic rings. The molecule has 18 heavy (non-hydrogen) atoms. The van der Waals surface area contributed by atoms with E-state index in [2.05, 4.69) is 10.3 Å². The van der Waals surface area contributed by atoms with E-state index in [-0.39, 0.29) is 5.91 Å². The molecule has 2 rings (SSSR count). The van der Waals surface area contributed by atoms with Crippen molar-refractivity contribution in [3.8, 4) is 0 Å². The number of carbonyl (C=O) groups is 1. The first kappa shape index (κ1) is 12.3. The zero-order chi connectivity index (χ0) is 12.8. The summed E-state index contributed by atoms with van der Waals surface area (Å²) < 4.78 is 0. The Hall–Kier alpha value is -2.13. The average molecular weight is 259 g/mol. The highest BCUT2D eigenvalue weighted by Crippen LogP contribution is 2.11. The molecule has 0 fully saturated rings. The SMILES string of the molecule is O=C(/C=C/c1cccc(Cl)c1)Nc1ccccn1. The molecule has 1 amide bonds. The molecule has 0 atom stereocenters. The van der Waals surface area contributed by atoms with E-state index in [0.29, 0.717) is 10.8 Å². The van der Waals surface area contributed by atoms with Crippen molar-refractivity contribution in [2.24, 2.45) is 0 Å². The van der Waals surface area contributed by atoms with Crippen LogP contribution in [-0.4, -0.2) is 10.9 Å². The van der Waals surface area contributed by atoms with Crippen molar-refractivity contribution in [1.29, 1.82) is 0 Å². The van der Waals surface area contributed by atoms with Crippen LogP contribution in [0, 0.1) is 0 Å². The summed E-state index contributed by atoms with van der Waals surface area (Å²) >= 11 is 5.85. The van der Waals surface area contributed by atoms with Crippen molar-refractivity contribution in [2.45, 2.75) is 0 Å². The third kappa shape index (κ3) is 3.71. The Bertz CT molecular complexity index is 567. The van der Waals surface area contributed by atoms with E-state index < -0.39 is 0 Å². The van der Waals surface area contributed by atoms with Crippen LogP contribution in [-0.2, 0) is 4.79 Å². The maximum atomic E-state index is 11.6. The summed E-state index contributed by atoms with van der Waals surface area (Å²) in [6.45, 7) is 0. The van der Waals surface area contributed by atoms with E-state index in [0.717, 1.165) is 5.56 Å². The molecule has 4 heteroatoms. The number of benzene rings is 1. The summed E-state index contributed by atoms with van der Waals surface area (Å²) in [5, 5.41) is 3.30. The minimum atomic E-state index is -0.228. The zero-order valence-corrected chi connectivity index (χ0v) is 10.3. The van der Waals surface area contributed by atoms with Crippen LogP contribution < -0.4 is 5.32 Å². The molecule has 90 valence electrons. The number of amides is 1. The normalized spacial score (nSPS) is 10.5. The van der Waals surface area contributed by atoms with Gasteiger partial charge in [0.1, 0.15) is 5.82 Å². The molecule has 3 nitrogen and oxygen atoms in total. The molecule has 1 N–H and O–H groups in total. The molecular formula is C14H11ClN2O. The number of aromatic nitrogens is 1. The minimum Gasteiger partial charge on any atom is -0.307 e. The second-order valence-electron chi connectivity index (χ2n) is 3.59. The second kappa shape index (κ2) is 5.98. The molecule has 0 aliphatic heterocycles. The molecule has 1 aromatic heterocycles. The van der Waals surface area contributed by atoms with Crippen LogP contribution in [0.4, 0.5) is 5.82 Å². The smallest absolute Gasteiger partial charge is 0.249 e. The van der Waals surface area contributed by atoms with Gasteiger partial charge in [-0.1, -0.05) is 29.8 Å². The van der Waals surface area contributed by atoms with Crippen molar-refractivity contribution in [3.05, 3.63) is 65.3 Å². The highest BCUT2D eigenvalue weighted by molar-refractivity contribution is 6.30. The lowest BCUT2D eigenvalue weighted by atomic mass is 10.2. The van der Waals surface area contributed by atoms with Gasteiger partial charge in [-0.05, 0) is 35.9 Å². The number of hydrogen-bond donors (Lipinski definition) is 1. The van der Waals surface area contributed by atoms with Crippen LogP contribution in [0.25, 0.3) is 6.08 Å². The molecule has 0 bridgehead atoms. The van der Waals surface area contributed by atoms with Gasteiger partial charge in [0.05, 0.1) is 0 Å². The molecule has 1 heterocycles. The van der Waals surface area contributed by atoms with Crippen LogP contribution in [0.15, 0.2) is 54.7 Å². The van der Waals surface area contributed by atoms with Crippen LogP contribution in [0.5, 0.6) is 0 Å². The lowest BCUT2D eigenvalue weighted by Gasteiger charge is -1.99. The van der Waals surface area contributed by atoms with E-state index in [9.17, 15) is 4.79 Å². The molecule has 0 saturated carbocycles. The van der Waals surface area contributed by atoms with E-state index in [1.165, 1.54) is 6.08 Å². The Balaban J connectivity index is 1.99. The monoisotopic (exact) mass is 258 g/mol. The van der Waals surface area contributed by atoms with Gasteiger partial charge in [0.25, 0.3) is 0 Å². The van der Waals surface area contributed by atoms with Gasteiger partial charge in [-0.3, -0.25) is 4.79 Å². The molecular weight excluding hydrogens is 248 g/mol. The fourth-order valence-electron chi connectivity index (χ4n) is 1.39. The van der Waals surface area contributed by atoms with Crippen LogP contribution >= 0.6 is 11.6 Å².